The summed E-state index contributed by atoms with van der Waals surface area (Å²) in [6.45, 7) is 4.13. The van der Waals surface area contributed by atoms with Crippen molar-refractivity contribution in [2.24, 2.45) is 5.92 Å². The minimum atomic E-state index is -0.771. The summed E-state index contributed by atoms with van der Waals surface area (Å²) < 4.78 is 10.2. The molecule has 2 heterocycles. The first-order valence-corrected chi connectivity index (χ1v) is 5.24. The number of hydrogen-bond donors (Lipinski definition) is 1. The second kappa shape index (κ2) is 4.57. The summed E-state index contributed by atoms with van der Waals surface area (Å²) in [4.78, 5) is 12.9. The molecule has 0 spiro atoms. The lowest BCUT2D eigenvalue weighted by atomic mass is 10.0. The molecule has 0 bridgehead atoms. The van der Waals surface area contributed by atoms with Crippen LogP contribution in [-0.2, 0) is 14.3 Å². The predicted molar refractivity (Wildman–Crippen MR) is 56.4 cm³/mol. The highest BCUT2D eigenvalue weighted by Gasteiger charge is 2.24. The van der Waals surface area contributed by atoms with E-state index in [9.17, 15) is 4.79 Å². The van der Waals surface area contributed by atoms with Crippen LogP contribution in [-0.4, -0.2) is 42.4 Å². The lowest BCUT2D eigenvalue weighted by Crippen LogP contribution is -2.25. The number of rotatable bonds is 4. The maximum Gasteiger partial charge on any atom is 0.310 e. The van der Waals surface area contributed by atoms with E-state index < -0.39 is 11.9 Å². The number of carboxylic acids is 1. The molecule has 88 valence electrons. The molecule has 1 N–H and O–H groups in total. The maximum atomic E-state index is 10.8. The first-order valence-electron chi connectivity index (χ1n) is 5.24. The topological polar surface area (TPSA) is 59.0 Å². The normalized spacial score (nSPS) is 22.1. The Balaban J connectivity index is 1.84. The smallest absolute Gasteiger partial charge is 0.310 e. The van der Waals surface area contributed by atoms with E-state index in [1.54, 1.807) is 13.2 Å². The molecule has 16 heavy (non-hydrogen) atoms. The number of carboxylic acid groups (broad SMARTS) is 1. The molecular weight excluding hydrogens is 210 g/mol. The first-order chi connectivity index (χ1) is 7.66. The highest BCUT2D eigenvalue weighted by Crippen LogP contribution is 2.20. The van der Waals surface area contributed by atoms with Gasteiger partial charge in [0.05, 0.1) is 12.5 Å². The zero-order chi connectivity index (χ0) is 11.5. The van der Waals surface area contributed by atoms with Crippen LogP contribution >= 0.6 is 0 Å². The Morgan fingerprint density at radius 1 is 1.69 bits per heavy atom. The molecule has 0 aliphatic carbocycles. The van der Waals surface area contributed by atoms with E-state index in [4.69, 9.17) is 14.6 Å². The summed E-state index contributed by atoms with van der Waals surface area (Å²) in [7, 11) is 0. The molecule has 0 amide bonds. The van der Waals surface area contributed by atoms with Crippen molar-refractivity contribution >= 4 is 5.97 Å². The van der Waals surface area contributed by atoms with Crippen LogP contribution in [0.5, 0.6) is 0 Å². The van der Waals surface area contributed by atoms with Crippen LogP contribution in [0, 0.1) is 5.92 Å². The van der Waals surface area contributed by atoms with Crippen molar-refractivity contribution in [3.8, 4) is 0 Å². The monoisotopic (exact) mass is 225 g/mol. The van der Waals surface area contributed by atoms with Crippen molar-refractivity contribution in [1.82, 2.24) is 4.90 Å². The third kappa shape index (κ3) is 2.36. The van der Waals surface area contributed by atoms with E-state index in [1.165, 1.54) is 0 Å². The van der Waals surface area contributed by atoms with Crippen LogP contribution in [0.3, 0.4) is 0 Å². The van der Waals surface area contributed by atoms with Gasteiger partial charge in [-0.1, -0.05) is 6.08 Å². The van der Waals surface area contributed by atoms with E-state index in [0.29, 0.717) is 13.1 Å². The van der Waals surface area contributed by atoms with Crippen molar-refractivity contribution in [1.29, 1.82) is 0 Å². The van der Waals surface area contributed by atoms with Gasteiger partial charge in [0.25, 0.3) is 0 Å². The van der Waals surface area contributed by atoms with E-state index >= 15 is 0 Å². The second-order valence-electron chi connectivity index (χ2n) is 4.02. The van der Waals surface area contributed by atoms with Gasteiger partial charge in [0.1, 0.15) is 12.0 Å². The second-order valence-corrected chi connectivity index (χ2v) is 4.02. The molecular formula is C11H15NO4. The van der Waals surface area contributed by atoms with Gasteiger partial charge < -0.3 is 14.6 Å². The summed E-state index contributed by atoms with van der Waals surface area (Å²) >= 11 is 0. The van der Waals surface area contributed by atoms with E-state index in [1.807, 2.05) is 6.08 Å². The number of hydrogen-bond acceptors (Lipinski definition) is 4. The maximum absolute atomic E-state index is 10.8. The zero-order valence-electron chi connectivity index (χ0n) is 9.18. The largest absolute Gasteiger partial charge is 0.481 e. The molecule has 0 saturated heterocycles. The first kappa shape index (κ1) is 11.0. The quantitative estimate of drug-likeness (QED) is 0.717. The van der Waals surface area contributed by atoms with Crippen LogP contribution in [0.4, 0.5) is 0 Å². The van der Waals surface area contributed by atoms with Crippen molar-refractivity contribution in [2.45, 2.75) is 6.92 Å². The summed E-state index contributed by atoms with van der Waals surface area (Å²) in [5, 5.41) is 8.90. The van der Waals surface area contributed by atoms with Crippen LogP contribution in [0.25, 0.3) is 0 Å². The number of aliphatic carboxylic acids is 1. The molecule has 5 nitrogen and oxygen atoms in total. The third-order valence-corrected chi connectivity index (χ3v) is 2.85. The van der Waals surface area contributed by atoms with Gasteiger partial charge in [-0.25, -0.2) is 0 Å². The minimum absolute atomic E-state index is 0.287. The van der Waals surface area contributed by atoms with Crippen LogP contribution in [0.1, 0.15) is 6.92 Å². The van der Waals surface area contributed by atoms with Crippen molar-refractivity contribution < 1.29 is 19.4 Å². The molecule has 0 aromatic rings. The summed E-state index contributed by atoms with van der Waals surface area (Å²) in [5.41, 5.74) is 0.965. The summed E-state index contributed by atoms with van der Waals surface area (Å²) in [6, 6.07) is 0. The van der Waals surface area contributed by atoms with Crippen LogP contribution in [0.15, 0.2) is 23.7 Å². The Morgan fingerprint density at radius 2 is 2.50 bits per heavy atom. The van der Waals surface area contributed by atoms with E-state index in [2.05, 4.69) is 4.90 Å². The fraction of sp³-hybridized carbons (Fsp3) is 0.545. The van der Waals surface area contributed by atoms with Gasteiger partial charge >= 0.3 is 5.97 Å². The molecule has 1 atom stereocenters. The Labute approximate surface area is 93.9 Å². The molecule has 0 fully saturated rings. The molecule has 2 aliphatic heterocycles. The number of carbonyl (C=O) groups is 1. The van der Waals surface area contributed by atoms with Crippen molar-refractivity contribution in [3.05, 3.63) is 23.7 Å². The van der Waals surface area contributed by atoms with Gasteiger partial charge in [-0.2, -0.15) is 0 Å². The standard InChI is InChI=1S/C11H15NO4/c1-8(11(13)14)9-2-3-12(4-9)5-10-6-15-7-16-10/h2,6,8H,3-5,7H2,1H3,(H,13,14). The van der Waals surface area contributed by atoms with Gasteiger partial charge in [0, 0.05) is 13.1 Å². The fourth-order valence-corrected chi connectivity index (χ4v) is 1.80. The van der Waals surface area contributed by atoms with Crippen LogP contribution < -0.4 is 0 Å². The Bertz CT molecular complexity index is 348. The highest BCUT2D eigenvalue weighted by molar-refractivity contribution is 5.73. The fourth-order valence-electron chi connectivity index (χ4n) is 1.80. The lowest BCUT2D eigenvalue weighted by Gasteiger charge is -2.16. The SMILES string of the molecule is CC(C(=O)O)C1=CCN(CC2=COCO2)C1. The van der Waals surface area contributed by atoms with Crippen molar-refractivity contribution in [2.75, 3.05) is 26.4 Å². The third-order valence-electron chi connectivity index (χ3n) is 2.85. The predicted octanol–water partition coefficient (Wildman–Crippen LogP) is 0.795. The summed E-state index contributed by atoms with van der Waals surface area (Å²) in [5.74, 6) is -0.370. The molecule has 5 heteroatoms. The number of nitrogens with zero attached hydrogens (tertiary/aromatic N) is 1. The van der Waals surface area contributed by atoms with E-state index in [-0.39, 0.29) is 6.79 Å². The molecule has 0 aromatic carbocycles. The summed E-state index contributed by atoms with van der Waals surface area (Å²) in [6.07, 6.45) is 3.59. The molecule has 0 saturated carbocycles. The number of ether oxygens (including phenoxy) is 2. The van der Waals surface area contributed by atoms with Gasteiger partial charge in [0.15, 0.2) is 0 Å². The van der Waals surface area contributed by atoms with Gasteiger partial charge in [-0.05, 0) is 12.5 Å². The molecule has 1 unspecified atom stereocenters. The average Bonchev–Trinajstić information content (AvgIpc) is 2.88. The zero-order valence-corrected chi connectivity index (χ0v) is 9.18. The van der Waals surface area contributed by atoms with Crippen molar-refractivity contribution in [3.63, 3.8) is 0 Å². The van der Waals surface area contributed by atoms with Gasteiger partial charge in [0.2, 0.25) is 6.79 Å². The minimum Gasteiger partial charge on any atom is -0.481 e. The van der Waals surface area contributed by atoms with E-state index in [0.717, 1.165) is 17.9 Å². The highest BCUT2D eigenvalue weighted by atomic mass is 16.7. The van der Waals surface area contributed by atoms with Gasteiger partial charge in [-0.3, -0.25) is 9.69 Å². The van der Waals surface area contributed by atoms with Crippen LogP contribution in [0.2, 0.25) is 0 Å². The average molecular weight is 225 g/mol. The Kier molecular flexibility index (Phi) is 3.14. The molecule has 0 radical (unpaired) electrons. The Morgan fingerprint density at radius 3 is 3.12 bits per heavy atom. The van der Waals surface area contributed by atoms with Gasteiger partial charge in [-0.15, -0.1) is 0 Å². The lowest BCUT2D eigenvalue weighted by molar-refractivity contribution is -0.139. The molecule has 2 rings (SSSR count). The molecule has 2 aliphatic rings. The molecule has 0 aromatic heterocycles. The Hall–Kier alpha value is -1.49.